The van der Waals surface area contributed by atoms with Gasteiger partial charge in [-0.1, -0.05) is 0 Å². The number of anilines is 1. The predicted molar refractivity (Wildman–Crippen MR) is 95.0 cm³/mol. The lowest BCUT2D eigenvalue weighted by Crippen LogP contribution is -2.50. The van der Waals surface area contributed by atoms with Crippen LogP contribution in [0.1, 0.15) is 19.8 Å². The van der Waals surface area contributed by atoms with Crippen LogP contribution >= 0.6 is 0 Å². The van der Waals surface area contributed by atoms with Gasteiger partial charge in [-0.2, -0.15) is 0 Å². The van der Waals surface area contributed by atoms with Gasteiger partial charge in [0, 0.05) is 24.7 Å². The Balaban J connectivity index is 1.44. The summed E-state index contributed by atoms with van der Waals surface area (Å²) in [5.41, 5.74) is 1.46. The summed E-state index contributed by atoms with van der Waals surface area (Å²) in [4.78, 5) is 23.0. The van der Waals surface area contributed by atoms with E-state index in [1.807, 2.05) is 11.8 Å². The van der Waals surface area contributed by atoms with Crippen molar-refractivity contribution < 1.29 is 13.9 Å². The third kappa shape index (κ3) is 3.53. The van der Waals surface area contributed by atoms with Crippen molar-refractivity contribution in [2.24, 2.45) is 0 Å². The van der Waals surface area contributed by atoms with E-state index in [1.54, 1.807) is 18.2 Å². The summed E-state index contributed by atoms with van der Waals surface area (Å²) in [6.07, 6.45) is 3.85. The van der Waals surface area contributed by atoms with Crippen molar-refractivity contribution in [2.45, 2.75) is 38.0 Å². The number of ether oxygens (including phenoxy) is 1. The second kappa shape index (κ2) is 6.99. The molecule has 4 rings (SSSR count). The summed E-state index contributed by atoms with van der Waals surface area (Å²) in [7, 11) is 0. The van der Waals surface area contributed by atoms with E-state index in [2.05, 4.69) is 15.3 Å². The van der Waals surface area contributed by atoms with Crippen molar-refractivity contribution in [3.05, 3.63) is 42.5 Å². The Labute approximate surface area is 151 Å². The number of morpholine rings is 1. The highest BCUT2D eigenvalue weighted by atomic mass is 19.1. The molecule has 1 N–H and O–H groups in total. The van der Waals surface area contributed by atoms with Gasteiger partial charge in [0.15, 0.2) is 0 Å². The number of halogens is 1. The van der Waals surface area contributed by atoms with Crippen molar-refractivity contribution in [3.8, 4) is 11.3 Å². The maximum atomic E-state index is 13.1. The molecule has 2 fully saturated rings. The third-order valence-corrected chi connectivity index (χ3v) is 4.90. The lowest BCUT2D eigenvalue weighted by molar-refractivity contribution is -0.140. The second-order valence-electron chi connectivity index (χ2n) is 6.86. The molecule has 0 radical (unpaired) electrons. The van der Waals surface area contributed by atoms with Gasteiger partial charge in [0.1, 0.15) is 24.0 Å². The number of fused-ring (bicyclic) bond motifs is 2. The van der Waals surface area contributed by atoms with E-state index in [-0.39, 0.29) is 23.9 Å². The van der Waals surface area contributed by atoms with E-state index in [1.165, 1.54) is 18.5 Å². The number of aromatic nitrogens is 2. The lowest BCUT2D eigenvalue weighted by atomic mass is 10.1. The Morgan fingerprint density at radius 3 is 2.62 bits per heavy atom. The zero-order chi connectivity index (χ0) is 18.1. The fourth-order valence-electron chi connectivity index (χ4n) is 3.57. The first-order valence-corrected chi connectivity index (χ1v) is 8.87. The number of likely N-dealkylation sites (tertiary alicyclic amines) is 1. The monoisotopic (exact) mass is 356 g/mol. The zero-order valence-corrected chi connectivity index (χ0v) is 14.6. The molecule has 3 heterocycles. The van der Waals surface area contributed by atoms with E-state index in [4.69, 9.17) is 4.74 Å². The van der Waals surface area contributed by atoms with E-state index in [9.17, 15) is 9.18 Å². The molecule has 1 aromatic carbocycles. The van der Waals surface area contributed by atoms with Gasteiger partial charge >= 0.3 is 0 Å². The topological polar surface area (TPSA) is 67.4 Å². The standard InChI is InChI=1S/C19H21FN4O2/c1-12(19(25)24-9-15-6-7-16(10-24)26-15)23-18-8-17(21-11-22-18)13-2-4-14(20)5-3-13/h2-5,8,11-12,15-16H,6-7,9-10H2,1H3,(H,21,22,23)/t12-,15?,16?/m1/s1. The zero-order valence-electron chi connectivity index (χ0n) is 14.6. The van der Waals surface area contributed by atoms with Gasteiger partial charge in [0.25, 0.3) is 0 Å². The summed E-state index contributed by atoms with van der Waals surface area (Å²) in [5, 5.41) is 3.15. The number of carbonyl (C=O) groups excluding carboxylic acids is 1. The number of carbonyl (C=O) groups is 1. The quantitative estimate of drug-likeness (QED) is 0.912. The van der Waals surface area contributed by atoms with Gasteiger partial charge in [0.2, 0.25) is 5.91 Å². The van der Waals surface area contributed by atoms with Crippen LogP contribution in [0.3, 0.4) is 0 Å². The van der Waals surface area contributed by atoms with Gasteiger partial charge in [-0.15, -0.1) is 0 Å². The molecule has 3 atom stereocenters. The Morgan fingerprint density at radius 1 is 1.23 bits per heavy atom. The molecule has 6 nitrogen and oxygen atoms in total. The fourth-order valence-corrected chi connectivity index (χ4v) is 3.57. The van der Waals surface area contributed by atoms with Gasteiger partial charge in [-0.05, 0) is 44.0 Å². The van der Waals surface area contributed by atoms with Crippen LogP contribution in [-0.4, -0.2) is 52.1 Å². The van der Waals surface area contributed by atoms with Crippen LogP contribution in [0.5, 0.6) is 0 Å². The van der Waals surface area contributed by atoms with Gasteiger partial charge in [-0.25, -0.2) is 14.4 Å². The molecule has 0 saturated carbocycles. The molecule has 2 aliphatic heterocycles. The fraction of sp³-hybridized carbons (Fsp3) is 0.421. The van der Waals surface area contributed by atoms with Crippen LogP contribution in [0.4, 0.5) is 10.2 Å². The third-order valence-electron chi connectivity index (χ3n) is 4.90. The highest BCUT2D eigenvalue weighted by Gasteiger charge is 2.36. The average molecular weight is 356 g/mol. The summed E-state index contributed by atoms with van der Waals surface area (Å²) in [6.45, 7) is 3.15. The summed E-state index contributed by atoms with van der Waals surface area (Å²) >= 11 is 0. The maximum Gasteiger partial charge on any atom is 0.244 e. The number of hydrogen-bond acceptors (Lipinski definition) is 5. The SMILES string of the molecule is C[C@@H](Nc1cc(-c2ccc(F)cc2)ncn1)C(=O)N1CC2CCC(C1)O2. The van der Waals surface area contributed by atoms with Gasteiger partial charge in [-0.3, -0.25) is 4.79 Å². The molecule has 2 saturated heterocycles. The van der Waals surface area contributed by atoms with Crippen LogP contribution in [0.15, 0.2) is 36.7 Å². The highest BCUT2D eigenvalue weighted by Crippen LogP contribution is 2.27. The van der Waals surface area contributed by atoms with Crippen LogP contribution < -0.4 is 5.32 Å². The first-order valence-electron chi connectivity index (χ1n) is 8.87. The largest absolute Gasteiger partial charge is 0.371 e. The van der Waals surface area contributed by atoms with E-state index < -0.39 is 6.04 Å². The Hall–Kier alpha value is -2.54. The second-order valence-corrected chi connectivity index (χ2v) is 6.86. The Morgan fingerprint density at radius 2 is 1.92 bits per heavy atom. The van der Waals surface area contributed by atoms with Crippen molar-refractivity contribution in [2.75, 3.05) is 18.4 Å². The molecule has 2 bridgehead atoms. The predicted octanol–water partition coefficient (Wildman–Crippen LogP) is 2.47. The molecule has 1 amide bonds. The molecule has 0 aliphatic carbocycles. The molecule has 1 aromatic heterocycles. The molecule has 2 unspecified atom stereocenters. The molecule has 2 aromatic rings. The van der Waals surface area contributed by atoms with E-state index >= 15 is 0 Å². The molecular weight excluding hydrogens is 335 g/mol. The molecular formula is C19H21FN4O2. The van der Waals surface area contributed by atoms with Crippen molar-refractivity contribution in [1.29, 1.82) is 0 Å². The normalized spacial score (nSPS) is 22.9. The molecule has 7 heteroatoms. The van der Waals surface area contributed by atoms with Crippen LogP contribution in [0, 0.1) is 5.82 Å². The number of amides is 1. The Kier molecular flexibility index (Phi) is 4.55. The molecule has 0 spiro atoms. The van der Waals surface area contributed by atoms with Crippen molar-refractivity contribution in [1.82, 2.24) is 14.9 Å². The van der Waals surface area contributed by atoms with Gasteiger partial charge in [0.05, 0.1) is 17.9 Å². The minimum atomic E-state index is -0.400. The van der Waals surface area contributed by atoms with Crippen molar-refractivity contribution in [3.63, 3.8) is 0 Å². The molecule has 26 heavy (non-hydrogen) atoms. The molecule has 136 valence electrons. The minimum Gasteiger partial charge on any atom is -0.371 e. The number of nitrogens with one attached hydrogen (secondary N) is 1. The number of rotatable bonds is 4. The van der Waals surface area contributed by atoms with E-state index in [0.29, 0.717) is 24.6 Å². The average Bonchev–Trinajstić information content (AvgIpc) is 2.99. The number of benzene rings is 1. The van der Waals surface area contributed by atoms with Crippen LogP contribution in [0.25, 0.3) is 11.3 Å². The summed E-state index contributed by atoms with van der Waals surface area (Å²) in [5.74, 6) is 0.323. The Bertz CT molecular complexity index is 786. The van der Waals surface area contributed by atoms with Crippen molar-refractivity contribution >= 4 is 11.7 Å². The van der Waals surface area contributed by atoms with E-state index in [0.717, 1.165) is 18.4 Å². The number of hydrogen-bond donors (Lipinski definition) is 1. The first kappa shape index (κ1) is 16.9. The molecule has 2 aliphatic rings. The highest BCUT2D eigenvalue weighted by molar-refractivity contribution is 5.84. The lowest BCUT2D eigenvalue weighted by Gasteiger charge is -2.34. The minimum absolute atomic E-state index is 0.0483. The smallest absolute Gasteiger partial charge is 0.244 e. The van der Waals surface area contributed by atoms with Gasteiger partial charge < -0.3 is 15.0 Å². The van der Waals surface area contributed by atoms with Crippen LogP contribution in [-0.2, 0) is 9.53 Å². The first-order chi connectivity index (χ1) is 12.6. The number of nitrogens with zero attached hydrogens (tertiary/aromatic N) is 3. The maximum absolute atomic E-state index is 13.1. The van der Waals surface area contributed by atoms with Crippen LogP contribution in [0.2, 0.25) is 0 Å². The summed E-state index contributed by atoms with van der Waals surface area (Å²) < 4.78 is 18.9. The summed E-state index contributed by atoms with van der Waals surface area (Å²) in [6, 6.07) is 7.48.